The van der Waals surface area contributed by atoms with Crippen LogP contribution in [0.25, 0.3) is 28.2 Å². The highest BCUT2D eigenvalue weighted by Crippen LogP contribution is 2.24. The second-order valence-electron chi connectivity index (χ2n) is 6.54. The molecule has 0 radical (unpaired) electrons. The van der Waals surface area contributed by atoms with Crippen LogP contribution in [0.3, 0.4) is 0 Å². The lowest BCUT2D eigenvalue weighted by atomic mass is 10.1. The Morgan fingerprint density at radius 3 is 2.57 bits per heavy atom. The van der Waals surface area contributed by atoms with Crippen LogP contribution < -0.4 is 11.4 Å². The van der Waals surface area contributed by atoms with Crippen molar-refractivity contribution in [1.82, 2.24) is 19.5 Å². The number of carbonyl (C=O) groups excluding carboxylic acids is 1. The molecule has 0 saturated heterocycles. The van der Waals surface area contributed by atoms with Crippen LogP contribution in [0.1, 0.15) is 21.6 Å². The number of aromatic hydroxyl groups is 1. The molecule has 4 aromatic rings. The van der Waals surface area contributed by atoms with Gasteiger partial charge in [0.05, 0.1) is 5.69 Å². The number of phenols is 1. The number of H-pyrrole nitrogens is 1. The van der Waals surface area contributed by atoms with E-state index in [1.807, 2.05) is 26.0 Å². The van der Waals surface area contributed by atoms with E-state index in [1.165, 1.54) is 16.7 Å². The minimum atomic E-state index is -0.790. The average molecular weight is 375 g/mol. The number of imidazole rings is 1. The van der Waals surface area contributed by atoms with Gasteiger partial charge in [0, 0.05) is 5.56 Å². The van der Waals surface area contributed by atoms with Crippen LogP contribution in [0, 0.1) is 13.8 Å². The number of nitrogens with zero attached hydrogens (tertiary/aromatic N) is 3. The summed E-state index contributed by atoms with van der Waals surface area (Å²) in [5.41, 5.74) is 8.53. The number of rotatable bonds is 3. The number of phenolic OH excluding ortho intramolecular Hbond substituents is 1. The molecule has 0 atom stereocenters. The maximum atomic E-state index is 12.7. The van der Waals surface area contributed by atoms with E-state index in [4.69, 9.17) is 5.73 Å². The third-order valence-electron chi connectivity index (χ3n) is 4.62. The summed E-state index contributed by atoms with van der Waals surface area (Å²) < 4.78 is 1.38. The molecule has 0 spiro atoms. The van der Waals surface area contributed by atoms with Crippen molar-refractivity contribution in [2.24, 2.45) is 5.73 Å². The van der Waals surface area contributed by atoms with Gasteiger partial charge in [-0.2, -0.15) is 0 Å². The monoisotopic (exact) mass is 375 g/mol. The second kappa shape index (κ2) is 6.34. The van der Waals surface area contributed by atoms with Gasteiger partial charge in [0.1, 0.15) is 11.3 Å². The van der Waals surface area contributed by atoms with E-state index < -0.39 is 11.6 Å². The van der Waals surface area contributed by atoms with Crippen LogP contribution in [-0.2, 0) is 0 Å². The van der Waals surface area contributed by atoms with E-state index in [-0.39, 0.29) is 28.4 Å². The van der Waals surface area contributed by atoms with Crippen molar-refractivity contribution < 1.29 is 9.90 Å². The normalized spacial score (nSPS) is 11.1. The number of primary amides is 1. The zero-order chi connectivity index (χ0) is 20.0. The van der Waals surface area contributed by atoms with E-state index in [0.29, 0.717) is 11.3 Å². The van der Waals surface area contributed by atoms with Crippen LogP contribution in [-0.4, -0.2) is 30.5 Å². The Bertz CT molecular complexity index is 1300. The molecule has 2 heterocycles. The Morgan fingerprint density at radius 2 is 1.89 bits per heavy atom. The number of aromatic nitrogens is 4. The minimum absolute atomic E-state index is 0.0300. The molecule has 140 valence electrons. The van der Waals surface area contributed by atoms with Crippen molar-refractivity contribution in [3.8, 4) is 22.8 Å². The number of nitrogens with two attached hydrogens (primary N) is 1. The fraction of sp³-hybridized carbons (Fsp3) is 0.100. The summed E-state index contributed by atoms with van der Waals surface area (Å²) in [6.07, 6.45) is 0. The molecule has 0 bridgehead atoms. The van der Waals surface area contributed by atoms with Crippen LogP contribution in [0.15, 0.2) is 47.3 Å². The fourth-order valence-corrected chi connectivity index (χ4v) is 3.04. The van der Waals surface area contributed by atoms with Crippen molar-refractivity contribution >= 4 is 17.1 Å². The van der Waals surface area contributed by atoms with Crippen LogP contribution >= 0.6 is 0 Å². The summed E-state index contributed by atoms with van der Waals surface area (Å²) in [6, 6.07) is 11.9. The first-order chi connectivity index (χ1) is 13.3. The molecule has 0 aliphatic heterocycles. The average Bonchev–Trinajstić information content (AvgIpc) is 2.98. The first-order valence-corrected chi connectivity index (χ1v) is 8.55. The number of nitrogens with one attached hydrogen (secondary N) is 1. The van der Waals surface area contributed by atoms with E-state index >= 15 is 0 Å². The molecule has 28 heavy (non-hydrogen) atoms. The predicted octanol–water partition coefficient (Wildman–Crippen LogP) is 2.20. The van der Waals surface area contributed by atoms with Crippen molar-refractivity contribution in [1.29, 1.82) is 0 Å². The molecule has 0 aliphatic carbocycles. The topological polar surface area (TPSA) is 127 Å². The van der Waals surface area contributed by atoms with Crippen molar-refractivity contribution in [3.05, 3.63) is 69.8 Å². The molecule has 1 amide bonds. The van der Waals surface area contributed by atoms with Gasteiger partial charge >= 0.3 is 5.69 Å². The second-order valence-corrected chi connectivity index (χ2v) is 6.54. The molecule has 2 aromatic heterocycles. The quantitative estimate of drug-likeness (QED) is 0.506. The highest BCUT2D eigenvalue weighted by atomic mass is 16.3. The van der Waals surface area contributed by atoms with Gasteiger partial charge in [-0.1, -0.05) is 18.2 Å². The van der Waals surface area contributed by atoms with E-state index in [9.17, 15) is 14.7 Å². The standard InChI is InChI=1S/C20H17N5O3/c1-10-6-7-13(8-11(10)2)25-19-16(23-20(25)28)15(17(21)27)22-18(24-19)12-4-3-5-14(26)9-12/h3-9,26H,1-2H3,(H2,21,27)(H,23,28). The molecular weight excluding hydrogens is 358 g/mol. The number of amides is 1. The number of hydrogen-bond donors (Lipinski definition) is 3. The predicted molar refractivity (Wildman–Crippen MR) is 105 cm³/mol. The number of aryl methyl sites for hydroxylation is 2. The zero-order valence-corrected chi connectivity index (χ0v) is 15.2. The number of carbonyl (C=O) groups is 1. The molecular formula is C20H17N5O3. The summed E-state index contributed by atoms with van der Waals surface area (Å²) in [5.74, 6) is -0.585. The summed E-state index contributed by atoms with van der Waals surface area (Å²) in [7, 11) is 0. The molecule has 4 N–H and O–H groups in total. The lowest BCUT2D eigenvalue weighted by Crippen LogP contribution is -2.15. The highest BCUT2D eigenvalue weighted by molar-refractivity contribution is 6.02. The van der Waals surface area contributed by atoms with Gasteiger partial charge in [0.25, 0.3) is 5.91 Å². The van der Waals surface area contributed by atoms with E-state index in [1.54, 1.807) is 18.2 Å². The third-order valence-corrected chi connectivity index (χ3v) is 4.62. The van der Waals surface area contributed by atoms with Crippen LogP contribution in [0.2, 0.25) is 0 Å². The number of fused-ring (bicyclic) bond motifs is 1. The summed E-state index contributed by atoms with van der Waals surface area (Å²) >= 11 is 0. The third kappa shape index (κ3) is 2.81. The van der Waals surface area contributed by atoms with Crippen molar-refractivity contribution in [2.75, 3.05) is 0 Å². The molecule has 2 aromatic carbocycles. The SMILES string of the molecule is Cc1ccc(-n2c(=O)[nH]c3c(C(N)=O)nc(-c4cccc(O)c4)nc32)cc1C. The molecule has 0 aliphatic rings. The summed E-state index contributed by atoms with van der Waals surface area (Å²) in [6.45, 7) is 3.92. The minimum Gasteiger partial charge on any atom is -0.508 e. The first kappa shape index (κ1) is 17.5. The first-order valence-electron chi connectivity index (χ1n) is 8.55. The van der Waals surface area contributed by atoms with Gasteiger partial charge in [0.2, 0.25) is 0 Å². The van der Waals surface area contributed by atoms with Gasteiger partial charge in [-0.15, -0.1) is 0 Å². The molecule has 4 rings (SSSR count). The van der Waals surface area contributed by atoms with Crippen LogP contribution in [0.5, 0.6) is 5.75 Å². The Kier molecular flexibility index (Phi) is 3.96. The van der Waals surface area contributed by atoms with Gasteiger partial charge < -0.3 is 15.8 Å². The zero-order valence-electron chi connectivity index (χ0n) is 15.2. The number of aromatic amines is 1. The lowest BCUT2D eigenvalue weighted by Gasteiger charge is -2.08. The van der Waals surface area contributed by atoms with Crippen LogP contribution in [0.4, 0.5) is 0 Å². The van der Waals surface area contributed by atoms with Gasteiger partial charge in [-0.3, -0.25) is 4.79 Å². The molecule has 0 fully saturated rings. The van der Waals surface area contributed by atoms with Crippen molar-refractivity contribution in [3.63, 3.8) is 0 Å². The number of benzene rings is 2. The Morgan fingerprint density at radius 1 is 1.11 bits per heavy atom. The summed E-state index contributed by atoms with van der Waals surface area (Å²) in [5, 5.41) is 9.75. The Hall–Kier alpha value is -3.94. The maximum absolute atomic E-state index is 12.7. The molecule has 0 unspecified atom stereocenters. The summed E-state index contributed by atoms with van der Waals surface area (Å²) in [4.78, 5) is 36.0. The van der Waals surface area contributed by atoms with E-state index in [2.05, 4.69) is 15.0 Å². The highest BCUT2D eigenvalue weighted by Gasteiger charge is 2.20. The van der Waals surface area contributed by atoms with Gasteiger partial charge in [-0.05, 0) is 49.2 Å². The Balaban J connectivity index is 2.07. The lowest BCUT2D eigenvalue weighted by molar-refractivity contribution is 0.0997. The Labute approximate surface area is 159 Å². The fourth-order valence-electron chi connectivity index (χ4n) is 3.04. The largest absolute Gasteiger partial charge is 0.508 e. The van der Waals surface area contributed by atoms with E-state index in [0.717, 1.165) is 11.1 Å². The molecule has 8 heteroatoms. The number of hydrogen-bond acceptors (Lipinski definition) is 5. The molecule has 8 nitrogen and oxygen atoms in total. The smallest absolute Gasteiger partial charge is 0.332 e. The van der Waals surface area contributed by atoms with Crippen molar-refractivity contribution in [2.45, 2.75) is 13.8 Å². The molecule has 0 saturated carbocycles. The van der Waals surface area contributed by atoms with Gasteiger partial charge in [-0.25, -0.2) is 19.3 Å². The maximum Gasteiger partial charge on any atom is 0.332 e. The van der Waals surface area contributed by atoms with Gasteiger partial charge in [0.15, 0.2) is 17.2 Å².